The number of anilines is 1. The fourth-order valence-electron chi connectivity index (χ4n) is 3.59. The Morgan fingerprint density at radius 2 is 1.83 bits per heavy atom. The van der Waals surface area contributed by atoms with Gasteiger partial charge in [-0.05, 0) is 41.5 Å². The van der Waals surface area contributed by atoms with Gasteiger partial charge in [-0.2, -0.15) is 5.26 Å². The molecule has 0 fully saturated rings. The van der Waals surface area contributed by atoms with Gasteiger partial charge in [-0.3, -0.25) is 4.90 Å². The first-order valence-electron chi connectivity index (χ1n) is 9.07. The highest BCUT2D eigenvalue weighted by molar-refractivity contribution is 6.30. The minimum absolute atomic E-state index is 0.346. The second-order valence-corrected chi connectivity index (χ2v) is 7.19. The summed E-state index contributed by atoms with van der Waals surface area (Å²) in [5.74, 6) is 0.747. The summed E-state index contributed by atoms with van der Waals surface area (Å²) < 4.78 is 5.20. The minimum Gasteiger partial charge on any atom is -0.497 e. The van der Waals surface area contributed by atoms with Crippen molar-refractivity contribution in [3.63, 3.8) is 0 Å². The predicted molar refractivity (Wildman–Crippen MR) is 112 cm³/mol. The number of carbonyl (C=O) groups excluding carboxylic acids is 1. The summed E-state index contributed by atoms with van der Waals surface area (Å²) in [5, 5.41) is 13.6. The normalized spacial score (nSPS) is 17.8. The third kappa shape index (κ3) is 3.28. The highest BCUT2D eigenvalue weighted by Gasteiger charge is 2.44. The Hall–Kier alpha value is -3.49. The van der Waals surface area contributed by atoms with Crippen molar-refractivity contribution < 1.29 is 9.53 Å². The molecule has 144 valence electrons. The molecule has 0 saturated heterocycles. The Kier molecular flexibility index (Phi) is 4.87. The number of ether oxygens (including phenoxy) is 1. The van der Waals surface area contributed by atoms with Gasteiger partial charge in [0.05, 0.1) is 19.3 Å². The Balaban J connectivity index is 1.82. The molecule has 0 bridgehead atoms. The quantitative estimate of drug-likeness (QED) is 0.677. The number of hydrogen-bond donors (Lipinski definition) is 1. The molecule has 1 N–H and O–H groups in total. The number of rotatable bonds is 4. The summed E-state index contributed by atoms with van der Waals surface area (Å²) in [6, 6.07) is 23.9. The highest BCUT2D eigenvalue weighted by Crippen LogP contribution is 2.41. The lowest BCUT2D eigenvalue weighted by molar-refractivity contribution is 0.238. The van der Waals surface area contributed by atoms with Crippen LogP contribution in [-0.2, 0) is 12.1 Å². The summed E-state index contributed by atoms with van der Waals surface area (Å²) in [6.07, 6.45) is 0. The van der Waals surface area contributed by atoms with Crippen molar-refractivity contribution in [1.29, 1.82) is 5.26 Å². The predicted octanol–water partition coefficient (Wildman–Crippen LogP) is 4.85. The zero-order chi connectivity index (χ0) is 20.4. The number of carbonyl (C=O) groups is 1. The van der Waals surface area contributed by atoms with Crippen LogP contribution < -0.4 is 15.0 Å². The number of nitrogens with one attached hydrogen (secondary N) is 1. The molecule has 3 aromatic carbocycles. The van der Waals surface area contributed by atoms with E-state index in [1.807, 2.05) is 54.6 Å². The van der Waals surface area contributed by atoms with Gasteiger partial charge in [0.15, 0.2) is 5.54 Å². The highest BCUT2D eigenvalue weighted by atomic mass is 35.5. The maximum atomic E-state index is 13.1. The van der Waals surface area contributed by atoms with Crippen LogP contribution in [0.25, 0.3) is 0 Å². The Morgan fingerprint density at radius 1 is 1.10 bits per heavy atom. The van der Waals surface area contributed by atoms with Crippen LogP contribution in [0.5, 0.6) is 5.75 Å². The van der Waals surface area contributed by atoms with E-state index in [-0.39, 0.29) is 6.03 Å². The van der Waals surface area contributed by atoms with Crippen molar-refractivity contribution in [2.75, 3.05) is 12.0 Å². The zero-order valence-corrected chi connectivity index (χ0v) is 16.5. The topological polar surface area (TPSA) is 65.4 Å². The standard InChI is InChI=1S/C23H18ClN3O2/c1-29-19-10-7-16(8-11-19)14-27-21-12-9-18(24)13-20(21)23(15-25,26-22(27)28)17-5-3-2-4-6-17/h2-13H,14H2,1H3,(H,26,28)/t23-/m1/s1. The van der Waals surface area contributed by atoms with Crippen molar-refractivity contribution in [3.05, 3.63) is 94.5 Å². The molecular weight excluding hydrogens is 386 g/mol. The lowest BCUT2D eigenvalue weighted by Gasteiger charge is -2.40. The molecule has 3 aromatic rings. The maximum Gasteiger partial charge on any atom is 0.323 e. The smallest absolute Gasteiger partial charge is 0.323 e. The third-order valence-corrected chi connectivity index (χ3v) is 5.30. The van der Waals surface area contributed by atoms with Gasteiger partial charge >= 0.3 is 6.03 Å². The molecule has 1 aliphatic heterocycles. The molecule has 1 heterocycles. The molecule has 5 nitrogen and oxygen atoms in total. The van der Waals surface area contributed by atoms with Crippen LogP contribution in [0.2, 0.25) is 5.02 Å². The van der Waals surface area contributed by atoms with Crippen molar-refractivity contribution in [2.45, 2.75) is 12.1 Å². The maximum absolute atomic E-state index is 13.1. The molecular formula is C23H18ClN3O2. The minimum atomic E-state index is -1.31. The number of methoxy groups -OCH3 is 1. The summed E-state index contributed by atoms with van der Waals surface area (Å²) in [4.78, 5) is 14.7. The van der Waals surface area contributed by atoms with Gasteiger partial charge in [0.2, 0.25) is 0 Å². The third-order valence-electron chi connectivity index (χ3n) is 5.07. The number of amides is 2. The molecule has 2 amide bonds. The van der Waals surface area contributed by atoms with Gasteiger partial charge in [-0.1, -0.05) is 54.1 Å². The monoisotopic (exact) mass is 403 g/mol. The second kappa shape index (κ2) is 7.50. The summed E-state index contributed by atoms with van der Waals surface area (Å²) in [6.45, 7) is 0.348. The van der Waals surface area contributed by atoms with Crippen molar-refractivity contribution in [3.8, 4) is 11.8 Å². The molecule has 0 radical (unpaired) electrons. The van der Waals surface area contributed by atoms with E-state index in [4.69, 9.17) is 16.3 Å². The number of halogens is 1. The molecule has 0 spiro atoms. The number of hydrogen-bond acceptors (Lipinski definition) is 3. The second-order valence-electron chi connectivity index (χ2n) is 6.75. The van der Waals surface area contributed by atoms with E-state index in [1.165, 1.54) is 0 Å². The first kappa shape index (κ1) is 18.9. The Bertz CT molecular complexity index is 1090. The SMILES string of the molecule is COc1ccc(CN2C(=O)N[C@](C#N)(c3ccccc3)c3cc(Cl)ccc32)cc1. The number of urea groups is 1. The van der Waals surface area contributed by atoms with Gasteiger partial charge < -0.3 is 10.1 Å². The Morgan fingerprint density at radius 3 is 2.48 bits per heavy atom. The van der Waals surface area contributed by atoms with E-state index < -0.39 is 5.54 Å². The lowest BCUT2D eigenvalue weighted by atomic mass is 9.81. The van der Waals surface area contributed by atoms with Crippen LogP contribution in [-0.4, -0.2) is 13.1 Å². The van der Waals surface area contributed by atoms with Gasteiger partial charge in [0.25, 0.3) is 0 Å². The number of fused-ring (bicyclic) bond motifs is 1. The van der Waals surface area contributed by atoms with Crippen LogP contribution in [0, 0.1) is 11.3 Å². The van der Waals surface area contributed by atoms with Crippen molar-refractivity contribution >= 4 is 23.3 Å². The lowest BCUT2D eigenvalue weighted by Crippen LogP contribution is -2.56. The number of benzene rings is 3. The van der Waals surface area contributed by atoms with Crippen LogP contribution in [0.4, 0.5) is 10.5 Å². The summed E-state index contributed by atoms with van der Waals surface area (Å²) in [5.41, 5.74) is 1.61. The molecule has 6 heteroatoms. The van der Waals surface area contributed by atoms with Gasteiger partial charge in [0, 0.05) is 10.6 Å². The van der Waals surface area contributed by atoms with Crippen LogP contribution in [0.15, 0.2) is 72.8 Å². The van der Waals surface area contributed by atoms with E-state index in [2.05, 4.69) is 11.4 Å². The van der Waals surface area contributed by atoms with Crippen molar-refractivity contribution in [2.24, 2.45) is 0 Å². The molecule has 1 atom stereocenters. The fourth-order valence-corrected chi connectivity index (χ4v) is 3.76. The largest absolute Gasteiger partial charge is 0.497 e. The molecule has 0 saturated carbocycles. The van der Waals surface area contributed by atoms with Crippen LogP contribution in [0.3, 0.4) is 0 Å². The molecule has 0 aromatic heterocycles. The molecule has 1 aliphatic rings. The van der Waals surface area contributed by atoms with E-state index >= 15 is 0 Å². The van der Waals surface area contributed by atoms with Gasteiger partial charge in [-0.25, -0.2) is 4.79 Å². The fraction of sp³-hybridized carbons (Fsp3) is 0.130. The molecule has 29 heavy (non-hydrogen) atoms. The zero-order valence-electron chi connectivity index (χ0n) is 15.7. The first-order valence-corrected chi connectivity index (χ1v) is 9.44. The van der Waals surface area contributed by atoms with Crippen LogP contribution >= 0.6 is 11.6 Å². The number of nitrogens with zero attached hydrogens (tertiary/aromatic N) is 2. The average molecular weight is 404 g/mol. The Labute approximate surface area is 174 Å². The van der Waals surface area contributed by atoms with E-state index in [0.29, 0.717) is 28.4 Å². The molecule has 4 rings (SSSR count). The van der Waals surface area contributed by atoms with Gasteiger partial charge in [-0.15, -0.1) is 0 Å². The van der Waals surface area contributed by atoms with Gasteiger partial charge in [0.1, 0.15) is 11.8 Å². The van der Waals surface area contributed by atoms with Crippen molar-refractivity contribution in [1.82, 2.24) is 5.32 Å². The van der Waals surface area contributed by atoms with Crippen LogP contribution in [0.1, 0.15) is 16.7 Å². The van der Waals surface area contributed by atoms with E-state index in [9.17, 15) is 10.1 Å². The average Bonchev–Trinajstić information content (AvgIpc) is 2.76. The van der Waals surface area contributed by atoms with E-state index in [0.717, 1.165) is 11.3 Å². The molecule has 0 unspecified atom stereocenters. The van der Waals surface area contributed by atoms with E-state index in [1.54, 1.807) is 30.2 Å². The number of nitriles is 1. The molecule has 0 aliphatic carbocycles. The first-order chi connectivity index (χ1) is 14.1. The summed E-state index contributed by atoms with van der Waals surface area (Å²) >= 11 is 6.27. The summed E-state index contributed by atoms with van der Waals surface area (Å²) in [7, 11) is 1.61.